The average molecular weight is 1610 g/mol. The van der Waals surface area contributed by atoms with Gasteiger partial charge < -0.3 is 100 Å². The molecule has 0 aliphatic carbocycles. The van der Waals surface area contributed by atoms with Crippen molar-refractivity contribution in [3.8, 4) is 23.0 Å². The van der Waals surface area contributed by atoms with E-state index in [-0.39, 0.29) is 94.6 Å². The number of phenols is 4. The van der Waals surface area contributed by atoms with Crippen molar-refractivity contribution in [3.63, 3.8) is 0 Å². The number of aliphatic hydroxyl groups excluding tert-OH is 5. The minimum Gasteiger partial charge on any atom is -0.507 e. The SMILES string of the molecule is CCNc1cc(O)c2c(c1)/C=C/C[C@@H]1OC(=O)O[C@@H]1C(=O)/C=C\[C@@H](C)[C@H](C)OC2=O.CCNc1cc(O)c2c(c1)/C=C/C[C@H](O)[C@H](O)C(=O)/C=C/[C@@H](C)[C@H](C)OC2=O.CCNc1cc(O)c2c(c1)/C=C/C[C@H](OC(C)=O)[C@H](O)C(=O)/C=C\[C@@H](C)[C@H](C)OC2=O.CNc1cc(O)c2c(c1)C=CC[C@H](O)[C@@H](O)C(=O)/C=C\[C@@H](C)[C@H](C)OC2=O. The van der Waals surface area contributed by atoms with Gasteiger partial charge in [0.05, 0.1) is 12.2 Å². The van der Waals surface area contributed by atoms with Crippen LogP contribution in [0.5, 0.6) is 23.0 Å². The number of ketones is 4. The van der Waals surface area contributed by atoms with Crippen molar-refractivity contribution in [3.05, 3.63) is 166 Å². The monoisotopic (exact) mass is 1610 g/mol. The second kappa shape index (κ2) is 44.3. The van der Waals surface area contributed by atoms with Crippen LogP contribution < -0.4 is 21.3 Å². The molecule has 0 unspecified atom stereocenters. The fraction of sp³-hybridized carbons (Fsp3) is 0.419. The number of carbonyl (C=O) groups is 10. The Morgan fingerprint density at radius 1 is 0.388 bits per heavy atom. The van der Waals surface area contributed by atoms with E-state index in [4.69, 9.17) is 33.2 Å². The third-order valence-corrected chi connectivity index (χ3v) is 19.3. The molecule has 1 saturated heterocycles. The predicted molar refractivity (Wildman–Crippen MR) is 433 cm³/mol. The van der Waals surface area contributed by atoms with Gasteiger partial charge in [0.2, 0.25) is 6.10 Å². The van der Waals surface area contributed by atoms with Crippen molar-refractivity contribution in [2.75, 3.05) is 47.9 Å². The zero-order valence-corrected chi connectivity index (χ0v) is 67.0. The Morgan fingerprint density at radius 3 is 1.00 bits per heavy atom. The summed E-state index contributed by atoms with van der Waals surface area (Å²) in [5, 5.41) is 104. The Hall–Kier alpha value is -11.7. The van der Waals surface area contributed by atoms with E-state index in [0.717, 1.165) is 0 Å². The maximum absolute atomic E-state index is 12.8. The van der Waals surface area contributed by atoms with Crippen LogP contribution in [0, 0.1) is 23.7 Å². The van der Waals surface area contributed by atoms with Gasteiger partial charge in [-0.2, -0.15) is 0 Å². The standard InChI is InChI=1S/C23H29NO7.C22H25NO7.C21H27NO6.C20H25NO6/c1-5-24-17-11-16-7-6-8-20(31-15(4)25)22(28)18(26)10-9-13(2)14(3)30-23(29)21(16)19(27)12-17;1-4-23-15-10-14-6-5-7-18-20(30-22(27)29-18)16(24)9-8-12(2)13(3)28-21(26)19(14)17(25)11-15;1-4-22-15-10-14-6-5-7-16(23)20(26)17(24)9-8-12(2)13(3)28-21(27)19(14)18(25)11-15;1-11-7-8-16(23)19(25)15(22)6-4-5-13-9-14(21-3)10-17(24)18(13)20(26)27-12(11)2/h6-7,9-14,20,22,24,27-28H,5,8H2,1-4H3;5-6,8-13,18,20,23,25H,4,7H2,1-3H3;5-6,8-13,16,20,22-23,25-26H,4,7H2,1-3H3;4-5,7-12,15,19,21-22,24-25H,6H2,1-3H3/b7-6+,10-9-;6-5+,9-8-;6-5+,9-8+;5-4?,8-7-/t13-,14+,20+,22-;12-,13+,18+,20-;12-,13+,16+,20+;11-,12+,15+,19-/m1111/s1. The second-order valence-electron chi connectivity index (χ2n) is 28.2. The molecule has 16 atom stereocenters. The molecule has 1 fully saturated rings. The van der Waals surface area contributed by atoms with Gasteiger partial charge in [0, 0.05) is 117 Å². The number of rotatable bonds is 8. The first-order valence-corrected chi connectivity index (χ1v) is 38.1. The Morgan fingerprint density at radius 2 is 0.681 bits per heavy atom. The normalized spacial score (nSPS) is 28.0. The van der Waals surface area contributed by atoms with Crippen LogP contribution in [-0.2, 0) is 57.1 Å². The lowest BCUT2D eigenvalue weighted by Crippen LogP contribution is -2.36. The van der Waals surface area contributed by atoms with Crippen LogP contribution in [0.15, 0.2) is 121 Å². The van der Waals surface area contributed by atoms with Gasteiger partial charge in [-0.1, -0.05) is 101 Å². The molecule has 5 heterocycles. The summed E-state index contributed by atoms with van der Waals surface area (Å²) in [5.74, 6) is -7.78. The van der Waals surface area contributed by atoms with E-state index in [0.29, 0.717) is 64.6 Å². The van der Waals surface area contributed by atoms with Gasteiger partial charge in [-0.15, -0.1) is 0 Å². The number of nitrogens with one attached hydrogen (secondary N) is 4. The minimum absolute atomic E-state index is 0.00125. The van der Waals surface area contributed by atoms with Gasteiger partial charge in [-0.05, 0) is 132 Å². The molecular formula is C86H106N4O26. The van der Waals surface area contributed by atoms with E-state index >= 15 is 0 Å². The topological polar surface area (TPSA) is 466 Å². The molecule has 13 N–H and O–H groups in total. The lowest BCUT2D eigenvalue weighted by molar-refractivity contribution is -0.154. The molecule has 626 valence electrons. The summed E-state index contributed by atoms with van der Waals surface area (Å²) in [6, 6.07) is 12.5. The lowest BCUT2D eigenvalue weighted by atomic mass is 9.99. The number of hydrogen-bond acceptors (Lipinski definition) is 30. The van der Waals surface area contributed by atoms with Crippen molar-refractivity contribution in [2.45, 2.75) is 182 Å². The van der Waals surface area contributed by atoms with Crippen LogP contribution in [0.1, 0.15) is 172 Å². The van der Waals surface area contributed by atoms with E-state index < -0.39 is 132 Å². The lowest BCUT2D eigenvalue weighted by Gasteiger charge is -2.22. The first-order chi connectivity index (χ1) is 54.9. The highest BCUT2D eigenvalue weighted by Gasteiger charge is 2.41. The largest absolute Gasteiger partial charge is 0.509 e. The zero-order valence-electron chi connectivity index (χ0n) is 67.0. The van der Waals surface area contributed by atoms with Crippen LogP contribution in [0.3, 0.4) is 0 Å². The number of esters is 5. The van der Waals surface area contributed by atoms with Gasteiger partial charge in [0.1, 0.15) is 88.0 Å². The quantitative estimate of drug-likeness (QED) is 0.0576. The molecule has 9 rings (SSSR count). The highest BCUT2D eigenvalue weighted by Crippen LogP contribution is 2.36. The van der Waals surface area contributed by atoms with Gasteiger partial charge in [-0.25, -0.2) is 24.0 Å². The number of aliphatic hydroxyl groups is 5. The van der Waals surface area contributed by atoms with Gasteiger partial charge in [-0.3, -0.25) is 24.0 Å². The fourth-order valence-electron chi connectivity index (χ4n) is 11.8. The van der Waals surface area contributed by atoms with Gasteiger partial charge in [0.25, 0.3) is 0 Å². The second-order valence-corrected chi connectivity index (χ2v) is 28.2. The molecule has 5 aliphatic rings. The molecule has 4 aromatic carbocycles. The first-order valence-electron chi connectivity index (χ1n) is 38.1. The smallest absolute Gasteiger partial charge is 0.507 e. The van der Waals surface area contributed by atoms with E-state index in [2.05, 4.69) is 21.3 Å². The number of aromatic hydroxyl groups is 4. The van der Waals surface area contributed by atoms with E-state index in [1.54, 1.807) is 123 Å². The molecule has 30 heteroatoms. The predicted octanol–water partition coefficient (Wildman–Crippen LogP) is 10.4. The summed E-state index contributed by atoms with van der Waals surface area (Å²) in [4.78, 5) is 123. The van der Waals surface area contributed by atoms with E-state index in [1.165, 1.54) is 91.9 Å². The molecule has 0 saturated carbocycles. The highest BCUT2D eigenvalue weighted by molar-refractivity contribution is 6.02. The summed E-state index contributed by atoms with van der Waals surface area (Å²) < 4.78 is 37.2. The van der Waals surface area contributed by atoms with Crippen LogP contribution in [0.25, 0.3) is 24.3 Å². The zero-order chi connectivity index (χ0) is 85.9. The third-order valence-electron chi connectivity index (χ3n) is 19.3. The first kappa shape index (κ1) is 93.2. The number of anilines is 4. The molecular weight excluding hydrogens is 1500 g/mol. The molecule has 30 nitrogen and oxygen atoms in total. The highest BCUT2D eigenvalue weighted by atomic mass is 16.8. The minimum atomic E-state index is -1.55. The Labute approximate surface area is 672 Å². The number of fused-ring (bicyclic) bond motifs is 5. The summed E-state index contributed by atoms with van der Waals surface area (Å²) in [5.41, 5.74) is 4.15. The van der Waals surface area contributed by atoms with Crippen LogP contribution in [0.2, 0.25) is 0 Å². The molecule has 0 spiro atoms. The average Bonchev–Trinajstić information content (AvgIpc) is 1.66. The molecule has 0 amide bonds. The van der Waals surface area contributed by atoms with Crippen molar-refractivity contribution in [1.29, 1.82) is 0 Å². The summed E-state index contributed by atoms with van der Waals surface area (Å²) in [6.07, 6.45) is 10.5. The number of cyclic esters (lactones) is 4. The maximum atomic E-state index is 12.8. The Balaban J connectivity index is 0.000000241. The number of hydrogen-bond donors (Lipinski definition) is 13. The van der Waals surface area contributed by atoms with Crippen LogP contribution >= 0.6 is 0 Å². The van der Waals surface area contributed by atoms with Crippen LogP contribution in [0.4, 0.5) is 27.5 Å². The summed E-state index contributed by atoms with van der Waals surface area (Å²) in [6.45, 7) is 22.5. The number of phenolic OH excluding ortho intramolecular Hbond substituents is 4. The van der Waals surface area contributed by atoms with E-state index in [1.807, 2.05) is 20.8 Å². The molecule has 0 aromatic heterocycles. The fourth-order valence-corrected chi connectivity index (χ4v) is 11.8. The number of carbonyl (C=O) groups excluding carboxylic acids is 10. The number of ether oxygens (including phenoxy) is 7. The molecule has 116 heavy (non-hydrogen) atoms. The van der Waals surface area contributed by atoms with Gasteiger partial charge >= 0.3 is 36.0 Å². The maximum Gasteiger partial charge on any atom is 0.509 e. The molecule has 0 radical (unpaired) electrons. The Kier molecular flexibility index (Phi) is 35.5. The molecule has 0 bridgehead atoms. The van der Waals surface area contributed by atoms with Gasteiger partial charge in [0.15, 0.2) is 35.3 Å². The van der Waals surface area contributed by atoms with Crippen molar-refractivity contribution < 1.29 is 127 Å². The third kappa shape index (κ3) is 26.4. The van der Waals surface area contributed by atoms with Crippen molar-refractivity contribution in [2.24, 2.45) is 23.7 Å². The molecule has 4 aromatic rings. The summed E-state index contributed by atoms with van der Waals surface area (Å²) in [7, 11) is 1.67. The molecule has 5 aliphatic heterocycles. The van der Waals surface area contributed by atoms with E-state index in [9.17, 15) is 93.9 Å². The number of benzene rings is 4. The van der Waals surface area contributed by atoms with Crippen LogP contribution in [-0.4, -0.2) is 205 Å². The van der Waals surface area contributed by atoms with Crippen molar-refractivity contribution in [1.82, 2.24) is 0 Å². The summed E-state index contributed by atoms with van der Waals surface area (Å²) >= 11 is 0. The Bertz CT molecular complexity index is 4460. The van der Waals surface area contributed by atoms with Crippen molar-refractivity contribution >= 4 is 106 Å².